The fourth-order valence-electron chi connectivity index (χ4n) is 3.92. The maximum Gasteiger partial charge on any atom is 0.335 e. The molecule has 0 bridgehead atoms. The van der Waals surface area contributed by atoms with Crippen LogP contribution < -0.4 is 0 Å². The number of aromatic amines is 1. The second-order valence-corrected chi connectivity index (χ2v) is 8.97. The molecule has 3 N–H and O–H groups in total. The predicted octanol–water partition coefficient (Wildman–Crippen LogP) is 6.34. The first-order chi connectivity index (χ1) is 15.2. The van der Waals surface area contributed by atoms with E-state index in [0.29, 0.717) is 27.9 Å². The molecule has 0 aliphatic rings. The molecule has 0 aliphatic carbocycles. The van der Waals surface area contributed by atoms with Crippen LogP contribution in [0.4, 0.5) is 0 Å². The van der Waals surface area contributed by atoms with Gasteiger partial charge < -0.3 is 19.6 Å². The molecule has 0 saturated carbocycles. The number of carbonyl (C=O) groups is 1. The highest BCUT2D eigenvalue weighted by atomic mass is 16.4. The van der Waals surface area contributed by atoms with Crippen molar-refractivity contribution in [2.45, 2.75) is 26.2 Å². The summed E-state index contributed by atoms with van der Waals surface area (Å²) < 4.78 is 5.79. The fourth-order valence-corrected chi connectivity index (χ4v) is 3.92. The van der Waals surface area contributed by atoms with Crippen LogP contribution in [0.1, 0.15) is 36.7 Å². The van der Waals surface area contributed by atoms with Gasteiger partial charge in [0.25, 0.3) is 0 Å². The lowest BCUT2D eigenvalue weighted by atomic mass is 9.86. The smallest absolute Gasteiger partial charge is 0.335 e. The van der Waals surface area contributed by atoms with E-state index in [1.165, 1.54) is 17.7 Å². The lowest BCUT2D eigenvalue weighted by Crippen LogP contribution is -2.10. The molecule has 160 valence electrons. The quantitative estimate of drug-likeness (QED) is 0.312. The summed E-state index contributed by atoms with van der Waals surface area (Å²) in [6.07, 6.45) is 1.70. The Kier molecular flexibility index (Phi) is 4.34. The number of rotatable bonds is 3. The van der Waals surface area contributed by atoms with Gasteiger partial charge in [-0.2, -0.15) is 0 Å². The summed E-state index contributed by atoms with van der Waals surface area (Å²) in [5.74, 6) is -0.107. The molecule has 0 atom stereocenters. The Morgan fingerprint density at radius 2 is 1.75 bits per heavy atom. The van der Waals surface area contributed by atoms with Gasteiger partial charge in [-0.1, -0.05) is 51.1 Å². The molecule has 0 aliphatic heterocycles. The molecule has 3 aromatic carbocycles. The Morgan fingerprint density at radius 1 is 1.00 bits per heavy atom. The SMILES string of the molecule is CC(C)(C)c1ccc(-c2coc(-c3nc4c(ccc5cc(C(=O)O)cc(O)c54)[nH]3)c2)cc1. The third-order valence-electron chi connectivity index (χ3n) is 5.71. The van der Waals surface area contributed by atoms with Crippen molar-refractivity contribution in [2.75, 3.05) is 0 Å². The number of aromatic hydroxyl groups is 1. The number of carboxylic acids is 1. The number of fused-ring (bicyclic) bond motifs is 3. The number of nitrogens with one attached hydrogen (secondary N) is 1. The van der Waals surface area contributed by atoms with Crippen molar-refractivity contribution in [2.24, 2.45) is 0 Å². The molecule has 0 radical (unpaired) electrons. The van der Waals surface area contributed by atoms with E-state index >= 15 is 0 Å². The largest absolute Gasteiger partial charge is 0.507 e. The Labute approximate surface area is 184 Å². The maximum absolute atomic E-state index is 11.3. The first kappa shape index (κ1) is 19.9. The molecule has 0 spiro atoms. The summed E-state index contributed by atoms with van der Waals surface area (Å²) in [7, 11) is 0. The Hall–Kier alpha value is -4.06. The van der Waals surface area contributed by atoms with Crippen LogP contribution in [-0.2, 0) is 5.41 Å². The number of carboxylic acid groups (broad SMARTS) is 1. The van der Waals surface area contributed by atoms with Crippen molar-refractivity contribution >= 4 is 27.8 Å². The third kappa shape index (κ3) is 3.30. The molecule has 6 nitrogen and oxygen atoms in total. The van der Waals surface area contributed by atoms with Crippen LogP contribution in [0.2, 0.25) is 0 Å². The van der Waals surface area contributed by atoms with E-state index in [-0.39, 0.29) is 16.7 Å². The first-order valence-corrected chi connectivity index (χ1v) is 10.3. The van der Waals surface area contributed by atoms with Crippen LogP contribution in [-0.4, -0.2) is 26.2 Å². The average molecular weight is 426 g/mol. The molecule has 5 rings (SSSR count). The number of aromatic carboxylic acids is 1. The van der Waals surface area contributed by atoms with E-state index in [0.717, 1.165) is 16.6 Å². The highest BCUT2D eigenvalue weighted by Gasteiger charge is 2.17. The molecule has 32 heavy (non-hydrogen) atoms. The van der Waals surface area contributed by atoms with Crippen molar-refractivity contribution in [1.82, 2.24) is 9.97 Å². The lowest BCUT2D eigenvalue weighted by molar-refractivity contribution is 0.0696. The third-order valence-corrected chi connectivity index (χ3v) is 5.71. The molecule has 0 fully saturated rings. The van der Waals surface area contributed by atoms with Crippen LogP contribution in [0, 0.1) is 0 Å². The standard InChI is InChI=1S/C26H22N2O4/c1-26(2,3)18-7-4-14(5-8-18)17-12-21(32-13-17)24-27-19-9-6-15-10-16(25(30)31)11-20(29)22(15)23(19)28-24/h4-13,29H,1-3H3,(H,27,28)(H,30,31). The van der Waals surface area contributed by atoms with Crippen molar-refractivity contribution in [1.29, 1.82) is 0 Å². The molecule has 6 heteroatoms. The van der Waals surface area contributed by atoms with E-state index < -0.39 is 5.97 Å². The lowest BCUT2D eigenvalue weighted by Gasteiger charge is -2.18. The van der Waals surface area contributed by atoms with Gasteiger partial charge in [0.05, 0.1) is 22.7 Å². The number of benzene rings is 3. The topological polar surface area (TPSA) is 99.3 Å². The van der Waals surface area contributed by atoms with Crippen LogP contribution in [0.5, 0.6) is 5.75 Å². The van der Waals surface area contributed by atoms with Crippen molar-refractivity contribution in [3.63, 3.8) is 0 Å². The van der Waals surface area contributed by atoms with E-state index in [1.54, 1.807) is 12.3 Å². The van der Waals surface area contributed by atoms with Crippen molar-refractivity contribution in [3.05, 3.63) is 72.0 Å². The van der Waals surface area contributed by atoms with Gasteiger partial charge in [-0.05, 0) is 46.2 Å². The van der Waals surface area contributed by atoms with E-state index in [4.69, 9.17) is 4.42 Å². The minimum absolute atomic E-state index is 0.0262. The summed E-state index contributed by atoms with van der Waals surface area (Å²) in [5, 5.41) is 20.8. The molecule has 5 aromatic rings. The van der Waals surface area contributed by atoms with Crippen LogP contribution in [0.3, 0.4) is 0 Å². The normalized spacial score (nSPS) is 12.0. The van der Waals surface area contributed by atoms with Gasteiger partial charge in [0.1, 0.15) is 11.3 Å². The van der Waals surface area contributed by atoms with E-state index in [1.807, 2.05) is 12.1 Å². The van der Waals surface area contributed by atoms with Gasteiger partial charge in [-0.25, -0.2) is 9.78 Å². The monoisotopic (exact) mass is 426 g/mol. The molecule has 0 unspecified atom stereocenters. The molecule has 2 heterocycles. The number of hydrogen-bond acceptors (Lipinski definition) is 4. The number of phenolic OH excluding ortho intramolecular Hbond substituents is 1. The summed E-state index contributed by atoms with van der Waals surface area (Å²) in [5.41, 5.74) is 4.65. The zero-order valence-electron chi connectivity index (χ0n) is 17.9. The molecule has 2 aromatic heterocycles. The summed E-state index contributed by atoms with van der Waals surface area (Å²) >= 11 is 0. The fraction of sp³-hybridized carbons (Fsp3) is 0.154. The van der Waals surface area contributed by atoms with Gasteiger partial charge in [0.2, 0.25) is 0 Å². The number of hydrogen-bond donors (Lipinski definition) is 3. The summed E-state index contributed by atoms with van der Waals surface area (Å²) in [6, 6.07) is 16.7. The van der Waals surface area contributed by atoms with Crippen LogP contribution >= 0.6 is 0 Å². The average Bonchev–Trinajstić information content (AvgIpc) is 3.40. The number of furan rings is 1. The Morgan fingerprint density at radius 3 is 2.44 bits per heavy atom. The maximum atomic E-state index is 11.3. The first-order valence-electron chi connectivity index (χ1n) is 10.3. The van der Waals surface area contributed by atoms with Crippen LogP contribution in [0.25, 0.3) is 44.5 Å². The second-order valence-electron chi connectivity index (χ2n) is 8.97. The Bertz CT molecular complexity index is 1480. The second kappa shape index (κ2) is 6.99. The predicted molar refractivity (Wildman–Crippen MR) is 124 cm³/mol. The van der Waals surface area contributed by atoms with E-state index in [2.05, 4.69) is 55.0 Å². The number of H-pyrrole nitrogens is 1. The van der Waals surface area contributed by atoms with E-state index in [9.17, 15) is 15.0 Å². The van der Waals surface area contributed by atoms with Gasteiger partial charge in [-0.15, -0.1) is 0 Å². The van der Waals surface area contributed by atoms with Crippen LogP contribution in [0.15, 0.2) is 65.3 Å². The van der Waals surface area contributed by atoms with Gasteiger partial charge >= 0.3 is 5.97 Å². The van der Waals surface area contributed by atoms with Gasteiger partial charge in [-0.3, -0.25) is 0 Å². The van der Waals surface area contributed by atoms with Crippen molar-refractivity contribution in [3.8, 4) is 28.5 Å². The minimum atomic E-state index is -1.09. The molecular weight excluding hydrogens is 404 g/mol. The summed E-state index contributed by atoms with van der Waals surface area (Å²) in [4.78, 5) is 19.2. The molecule has 0 saturated heterocycles. The number of aromatic nitrogens is 2. The number of imidazole rings is 1. The minimum Gasteiger partial charge on any atom is -0.507 e. The highest BCUT2D eigenvalue weighted by Crippen LogP contribution is 2.35. The molecule has 0 amide bonds. The Balaban J connectivity index is 1.55. The zero-order chi connectivity index (χ0) is 22.6. The summed E-state index contributed by atoms with van der Waals surface area (Å²) in [6.45, 7) is 6.55. The highest BCUT2D eigenvalue weighted by molar-refractivity contribution is 6.10. The van der Waals surface area contributed by atoms with Gasteiger partial charge in [0, 0.05) is 5.56 Å². The molecular formula is C26H22N2O4. The number of phenols is 1. The van der Waals surface area contributed by atoms with Crippen molar-refractivity contribution < 1.29 is 19.4 Å². The zero-order valence-corrected chi connectivity index (χ0v) is 17.9. The van der Waals surface area contributed by atoms with Gasteiger partial charge in [0.15, 0.2) is 11.6 Å². The number of nitrogens with zero attached hydrogens (tertiary/aromatic N) is 1.